The van der Waals surface area contributed by atoms with Crippen LogP contribution in [-0.2, 0) is 27.9 Å². The van der Waals surface area contributed by atoms with Crippen LogP contribution in [0.2, 0.25) is 0 Å². The molecule has 3 N–H and O–H groups in total. The summed E-state index contributed by atoms with van der Waals surface area (Å²) in [6.45, 7) is 2.00. The Morgan fingerprint density at radius 3 is 2.58 bits per heavy atom. The third kappa shape index (κ3) is 4.15. The Morgan fingerprint density at radius 1 is 1.58 bits per heavy atom. The third-order valence-electron chi connectivity index (χ3n) is 2.66. The largest absolute Gasteiger partial charge is 0.350 e. The van der Waals surface area contributed by atoms with Crippen LogP contribution in [0.1, 0.15) is 17.4 Å². The second-order valence-corrected chi connectivity index (χ2v) is 7.60. The predicted molar refractivity (Wildman–Crippen MR) is 72.6 cm³/mol. The van der Waals surface area contributed by atoms with Gasteiger partial charge in [0.25, 0.3) is 5.91 Å². The van der Waals surface area contributed by atoms with Gasteiger partial charge < -0.3 is 9.88 Å². The van der Waals surface area contributed by atoms with Crippen LogP contribution in [0.4, 0.5) is 0 Å². The van der Waals surface area contributed by atoms with Crippen LogP contribution >= 0.6 is 0 Å². The van der Waals surface area contributed by atoms with Crippen molar-refractivity contribution < 1.29 is 17.4 Å². The van der Waals surface area contributed by atoms with Crippen molar-refractivity contribution in [1.82, 2.24) is 9.88 Å². The topological polar surface area (TPSA) is 111 Å². The standard InChI is InChI=1S/C10H17N3O4S2/c1-7(18(3)15)5-12-10(14)9-4-8(6-13(9)2)19(11,16)17/h4,6-7H,5H2,1-3H3,(H,12,14)(H2,11,16,17). The van der Waals surface area contributed by atoms with Gasteiger partial charge in [-0.2, -0.15) is 0 Å². The van der Waals surface area contributed by atoms with E-state index in [1.807, 2.05) is 0 Å². The lowest BCUT2D eigenvalue weighted by atomic mass is 10.4. The molecule has 1 amide bonds. The molecular formula is C10H17N3O4S2. The summed E-state index contributed by atoms with van der Waals surface area (Å²) in [6, 6.07) is 1.21. The molecule has 0 saturated heterocycles. The van der Waals surface area contributed by atoms with Crippen molar-refractivity contribution in [2.75, 3.05) is 12.8 Å². The van der Waals surface area contributed by atoms with Gasteiger partial charge in [-0.25, -0.2) is 13.6 Å². The van der Waals surface area contributed by atoms with Crippen molar-refractivity contribution in [3.8, 4) is 0 Å². The highest BCUT2D eigenvalue weighted by atomic mass is 32.2. The fourth-order valence-electron chi connectivity index (χ4n) is 1.36. The molecule has 1 rings (SSSR count). The predicted octanol–water partition coefficient (Wildman–Crippen LogP) is -0.831. The van der Waals surface area contributed by atoms with Gasteiger partial charge in [0.15, 0.2) is 0 Å². The summed E-state index contributed by atoms with van der Waals surface area (Å²) in [5, 5.41) is 7.41. The van der Waals surface area contributed by atoms with Gasteiger partial charge in [0.2, 0.25) is 10.0 Å². The number of hydrogen-bond acceptors (Lipinski definition) is 4. The normalized spacial score (nSPS) is 14.9. The van der Waals surface area contributed by atoms with Gasteiger partial charge in [-0.05, 0) is 13.0 Å². The van der Waals surface area contributed by atoms with E-state index in [9.17, 15) is 17.4 Å². The van der Waals surface area contributed by atoms with Crippen molar-refractivity contribution in [2.45, 2.75) is 17.1 Å². The highest BCUT2D eigenvalue weighted by Crippen LogP contribution is 2.11. The number of amides is 1. The second kappa shape index (κ2) is 5.85. The van der Waals surface area contributed by atoms with E-state index in [1.54, 1.807) is 20.2 Å². The molecule has 2 unspecified atom stereocenters. The maximum absolute atomic E-state index is 11.9. The fraction of sp³-hybridized carbons (Fsp3) is 0.500. The Hall–Kier alpha value is -1.19. The maximum atomic E-state index is 11.9. The Balaban J connectivity index is 2.84. The van der Waals surface area contributed by atoms with E-state index < -0.39 is 26.7 Å². The molecule has 0 radical (unpaired) electrons. The quantitative estimate of drug-likeness (QED) is 0.739. The van der Waals surface area contributed by atoms with Crippen LogP contribution in [0, 0.1) is 0 Å². The fourth-order valence-corrected chi connectivity index (χ4v) is 2.26. The lowest BCUT2D eigenvalue weighted by Crippen LogP contribution is -2.33. The molecule has 0 aliphatic heterocycles. The number of nitrogens with two attached hydrogens (primary N) is 1. The summed E-state index contributed by atoms with van der Waals surface area (Å²) in [6.07, 6.45) is 2.82. The number of hydrogen-bond donors (Lipinski definition) is 2. The van der Waals surface area contributed by atoms with E-state index >= 15 is 0 Å². The van der Waals surface area contributed by atoms with E-state index in [4.69, 9.17) is 5.14 Å². The molecule has 19 heavy (non-hydrogen) atoms. The zero-order valence-corrected chi connectivity index (χ0v) is 12.5. The Kier molecular flexibility index (Phi) is 4.88. The van der Waals surface area contributed by atoms with E-state index in [2.05, 4.69) is 5.32 Å². The minimum absolute atomic E-state index is 0.118. The van der Waals surface area contributed by atoms with Crippen LogP contribution in [-0.4, -0.2) is 41.2 Å². The number of carbonyl (C=O) groups is 1. The zero-order chi connectivity index (χ0) is 14.8. The molecule has 9 heteroatoms. The molecule has 0 fully saturated rings. The minimum Gasteiger partial charge on any atom is -0.350 e. The lowest BCUT2D eigenvalue weighted by Gasteiger charge is -2.10. The first kappa shape index (κ1) is 15.9. The highest BCUT2D eigenvalue weighted by Gasteiger charge is 2.18. The van der Waals surface area contributed by atoms with Crippen LogP contribution in [0.25, 0.3) is 0 Å². The number of aromatic nitrogens is 1. The smallest absolute Gasteiger partial charge is 0.267 e. The number of nitrogens with one attached hydrogen (secondary N) is 1. The van der Waals surface area contributed by atoms with Crippen LogP contribution in [0.5, 0.6) is 0 Å². The monoisotopic (exact) mass is 307 g/mol. The maximum Gasteiger partial charge on any atom is 0.267 e. The van der Waals surface area contributed by atoms with Crippen LogP contribution < -0.4 is 10.5 Å². The highest BCUT2D eigenvalue weighted by molar-refractivity contribution is 7.89. The van der Waals surface area contributed by atoms with E-state index in [1.165, 1.54) is 16.8 Å². The molecule has 0 bridgehead atoms. The summed E-state index contributed by atoms with van der Waals surface area (Å²) in [7, 11) is -3.32. The first-order chi connectivity index (χ1) is 8.62. The minimum atomic E-state index is -3.83. The molecule has 7 nitrogen and oxygen atoms in total. The first-order valence-electron chi connectivity index (χ1n) is 5.42. The van der Waals surface area contributed by atoms with Crippen molar-refractivity contribution in [3.63, 3.8) is 0 Å². The summed E-state index contributed by atoms with van der Waals surface area (Å²) in [5.41, 5.74) is 0.179. The molecule has 108 valence electrons. The SMILES string of the molecule is CC(CNC(=O)c1cc(S(N)(=O)=O)cn1C)S(C)=O. The summed E-state index contributed by atoms with van der Waals surface area (Å²) in [4.78, 5) is 11.7. The number of primary sulfonamides is 1. The molecule has 1 heterocycles. The van der Waals surface area contributed by atoms with Crippen molar-refractivity contribution in [3.05, 3.63) is 18.0 Å². The van der Waals surface area contributed by atoms with Crippen LogP contribution in [0.3, 0.4) is 0 Å². The molecule has 0 spiro atoms. The number of sulfonamides is 1. The van der Waals surface area contributed by atoms with Gasteiger partial charge in [0, 0.05) is 42.1 Å². The van der Waals surface area contributed by atoms with Crippen molar-refractivity contribution in [2.24, 2.45) is 12.2 Å². The van der Waals surface area contributed by atoms with Gasteiger partial charge in [0.1, 0.15) is 10.6 Å². The van der Waals surface area contributed by atoms with E-state index in [0.717, 1.165) is 0 Å². The molecule has 0 aliphatic rings. The van der Waals surface area contributed by atoms with Crippen LogP contribution in [0.15, 0.2) is 17.2 Å². The lowest BCUT2D eigenvalue weighted by molar-refractivity contribution is 0.0946. The average Bonchev–Trinajstić information content (AvgIpc) is 2.67. The molecular weight excluding hydrogens is 290 g/mol. The number of aryl methyl sites for hydroxylation is 1. The first-order valence-corrected chi connectivity index (χ1v) is 8.59. The summed E-state index contributed by atoms with van der Waals surface area (Å²) < 4.78 is 34.9. The van der Waals surface area contributed by atoms with E-state index in [-0.39, 0.29) is 22.4 Å². The van der Waals surface area contributed by atoms with E-state index in [0.29, 0.717) is 0 Å². The Morgan fingerprint density at radius 2 is 2.16 bits per heavy atom. The van der Waals surface area contributed by atoms with Gasteiger partial charge in [-0.1, -0.05) is 0 Å². The Bertz CT molecular complexity index is 606. The molecule has 1 aromatic rings. The number of carbonyl (C=O) groups excluding carboxylic acids is 1. The number of rotatable bonds is 5. The average molecular weight is 307 g/mol. The molecule has 0 aromatic carbocycles. The van der Waals surface area contributed by atoms with Gasteiger partial charge in [-0.3, -0.25) is 9.00 Å². The summed E-state index contributed by atoms with van der Waals surface area (Å²) in [5.74, 6) is -0.435. The number of nitrogens with zero attached hydrogens (tertiary/aromatic N) is 1. The van der Waals surface area contributed by atoms with Crippen molar-refractivity contribution in [1.29, 1.82) is 0 Å². The molecule has 0 saturated carbocycles. The zero-order valence-electron chi connectivity index (χ0n) is 10.9. The third-order valence-corrected chi connectivity index (χ3v) is 4.84. The van der Waals surface area contributed by atoms with Gasteiger partial charge in [0.05, 0.1) is 0 Å². The van der Waals surface area contributed by atoms with Gasteiger partial charge >= 0.3 is 0 Å². The molecule has 0 aliphatic carbocycles. The Labute approximate surface area is 114 Å². The second-order valence-electron chi connectivity index (χ2n) is 4.24. The molecule has 1 aromatic heterocycles. The molecule has 2 atom stereocenters. The van der Waals surface area contributed by atoms with Crippen molar-refractivity contribution >= 4 is 26.7 Å². The summed E-state index contributed by atoms with van der Waals surface area (Å²) >= 11 is 0. The van der Waals surface area contributed by atoms with Gasteiger partial charge in [-0.15, -0.1) is 0 Å².